The number of amides is 1. The third-order valence-corrected chi connectivity index (χ3v) is 6.73. The highest BCUT2D eigenvalue weighted by molar-refractivity contribution is 7.91. The van der Waals surface area contributed by atoms with Crippen molar-refractivity contribution in [1.29, 1.82) is 0 Å². The Labute approximate surface area is 180 Å². The van der Waals surface area contributed by atoms with Gasteiger partial charge in [0, 0.05) is 23.2 Å². The first-order chi connectivity index (χ1) is 14.9. The van der Waals surface area contributed by atoms with Crippen molar-refractivity contribution in [2.75, 3.05) is 12.4 Å². The first-order valence-electron chi connectivity index (χ1n) is 9.55. The number of hydrogen-bond donors (Lipinski definition) is 1. The van der Waals surface area contributed by atoms with Crippen molar-refractivity contribution in [3.8, 4) is 5.75 Å². The van der Waals surface area contributed by atoms with Crippen LogP contribution in [0.15, 0.2) is 88.8 Å². The molecule has 0 bridgehead atoms. The Morgan fingerprint density at radius 3 is 2.35 bits per heavy atom. The fourth-order valence-corrected chi connectivity index (χ4v) is 4.74. The highest BCUT2D eigenvalue weighted by atomic mass is 32.2. The van der Waals surface area contributed by atoms with Crippen LogP contribution in [0.4, 0.5) is 5.69 Å². The molecule has 0 atom stereocenters. The molecular formula is C24H20N2O4S. The second-order valence-corrected chi connectivity index (χ2v) is 8.91. The normalized spacial score (nSPS) is 11.3. The van der Waals surface area contributed by atoms with Crippen LogP contribution in [0.25, 0.3) is 10.9 Å². The average Bonchev–Trinajstić information content (AvgIpc) is 2.80. The molecule has 0 aliphatic heterocycles. The smallest absolute Gasteiger partial charge is 0.255 e. The Balaban J connectivity index is 1.96. The number of nitrogens with one attached hydrogen (secondary N) is 1. The average molecular weight is 433 g/mol. The van der Waals surface area contributed by atoms with Gasteiger partial charge in [0.15, 0.2) is 0 Å². The van der Waals surface area contributed by atoms with Gasteiger partial charge in [-0.3, -0.25) is 9.78 Å². The molecule has 1 amide bonds. The number of pyridine rings is 1. The predicted octanol–water partition coefficient (Wildman–Crippen LogP) is 4.64. The molecule has 3 aromatic carbocycles. The van der Waals surface area contributed by atoms with Crippen molar-refractivity contribution in [3.63, 3.8) is 0 Å². The lowest BCUT2D eigenvalue weighted by atomic mass is 10.1. The molecule has 0 saturated heterocycles. The summed E-state index contributed by atoms with van der Waals surface area (Å²) in [6, 6.07) is 20.1. The van der Waals surface area contributed by atoms with Crippen LogP contribution in [-0.4, -0.2) is 26.4 Å². The maximum Gasteiger partial charge on any atom is 0.255 e. The van der Waals surface area contributed by atoms with Gasteiger partial charge in [-0.1, -0.05) is 35.9 Å². The van der Waals surface area contributed by atoms with Gasteiger partial charge >= 0.3 is 0 Å². The monoisotopic (exact) mass is 432 g/mol. The minimum atomic E-state index is -3.97. The Hall–Kier alpha value is -3.71. The third-order valence-electron chi connectivity index (χ3n) is 4.93. The standard InChI is InChI=1S/C24H20N2O4S/c1-16-10-12-18(13-11-16)31(28,29)21-15-20(30-2)19-9-6-14-25-22(19)23(21)26-24(27)17-7-4-3-5-8-17/h3-15H,1-2H3,(H,26,27). The SMILES string of the molecule is COc1cc(S(=O)(=O)c2ccc(C)cc2)c(NC(=O)c2ccccc2)c2ncccc12. The topological polar surface area (TPSA) is 85.4 Å². The number of aromatic nitrogens is 1. The maximum atomic E-state index is 13.6. The van der Waals surface area contributed by atoms with Crippen LogP contribution in [0.1, 0.15) is 15.9 Å². The zero-order valence-corrected chi connectivity index (χ0v) is 17.8. The predicted molar refractivity (Wildman–Crippen MR) is 119 cm³/mol. The summed E-state index contributed by atoms with van der Waals surface area (Å²) in [4.78, 5) is 17.3. The molecule has 0 spiro atoms. The summed E-state index contributed by atoms with van der Waals surface area (Å²) in [7, 11) is -2.51. The Morgan fingerprint density at radius 1 is 0.968 bits per heavy atom. The summed E-state index contributed by atoms with van der Waals surface area (Å²) in [6.07, 6.45) is 1.54. The molecule has 31 heavy (non-hydrogen) atoms. The van der Waals surface area contributed by atoms with E-state index in [1.807, 2.05) is 6.92 Å². The Bertz CT molecular complexity index is 1370. The van der Waals surface area contributed by atoms with E-state index in [1.54, 1.807) is 72.9 Å². The van der Waals surface area contributed by atoms with E-state index in [1.165, 1.54) is 13.2 Å². The van der Waals surface area contributed by atoms with Crippen molar-refractivity contribution in [2.24, 2.45) is 0 Å². The molecule has 1 aromatic heterocycles. The highest BCUT2D eigenvalue weighted by Gasteiger charge is 2.27. The van der Waals surface area contributed by atoms with Crippen LogP contribution < -0.4 is 10.1 Å². The van der Waals surface area contributed by atoms with Crippen LogP contribution in [0.3, 0.4) is 0 Å². The number of anilines is 1. The number of benzene rings is 3. The third kappa shape index (κ3) is 3.87. The van der Waals surface area contributed by atoms with Gasteiger partial charge in [0.1, 0.15) is 10.6 Å². The van der Waals surface area contributed by atoms with Crippen LogP contribution in [-0.2, 0) is 9.84 Å². The van der Waals surface area contributed by atoms with Gasteiger partial charge in [-0.15, -0.1) is 0 Å². The molecule has 7 heteroatoms. The van der Waals surface area contributed by atoms with E-state index in [2.05, 4.69) is 10.3 Å². The van der Waals surface area contributed by atoms with Crippen LogP contribution >= 0.6 is 0 Å². The zero-order chi connectivity index (χ0) is 22.0. The van der Waals surface area contributed by atoms with Gasteiger partial charge in [-0.2, -0.15) is 0 Å². The van der Waals surface area contributed by atoms with E-state index < -0.39 is 15.7 Å². The lowest BCUT2D eigenvalue weighted by Gasteiger charge is -2.17. The van der Waals surface area contributed by atoms with Gasteiger partial charge in [0.25, 0.3) is 5.91 Å². The number of nitrogens with zero attached hydrogens (tertiary/aromatic N) is 1. The Morgan fingerprint density at radius 2 is 1.68 bits per heavy atom. The minimum Gasteiger partial charge on any atom is -0.496 e. The molecule has 4 rings (SSSR count). The zero-order valence-electron chi connectivity index (χ0n) is 17.0. The molecule has 0 saturated carbocycles. The number of sulfone groups is 1. The largest absolute Gasteiger partial charge is 0.496 e. The highest BCUT2D eigenvalue weighted by Crippen LogP contribution is 2.39. The summed E-state index contributed by atoms with van der Waals surface area (Å²) >= 11 is 0. The quantitative estimate of drug-likeness (QED) is 0.497. The second kappa shape index (κ2) is 8.20. The first kappa shape index (κ1) is 20.6. The van der Waals surface area contributed by atoms with Gasteiger partial charge in [0.05, 0.1) is 23.2 Å². The van der Waals surface area contributed by atoms with E-state index in [4.69, 9.17) is 4.74 Å². The molecular weight excluding hydrogens is 412 g/mol. The van der Waals surface area contributed by atoms with Crippen LogP contribution in [0.5, 0.6) is 5.75 Å². The van der Waals surface area contributed by atoms with Gasteiger partial charge in [0.2, 0.25) is 9.84 Å². The molecule has 1 heterocycles. The van der Waals surface area contributed by atoms with Gasteiger partial charge in [-0.25, -0.2) is 8.42 Å². The molecule has 1 N–H and O–H groups in total. The number of ether oxygens (including phenoxy) is 1. The van der Waals surface area contributed by atoms with Crippen molar-refractivity contribution in [1.82, 2.24) is 4.98 Å². The molecule has 156 valence electrons. The summed E-state index contributed by atoms with van der Waals surface area (Å²) in [5, 5.41) is 3.37. The summed E-state index contributed by atoms with van der Waals surface area (Å²) < 4.78 is 32.6. The molecule has 6 nitrogen and oxygen atoms in total. The summed E-state index contributed by atoms with van der Waals surface area (Å²) in [5.74, 6) is -0.0791. The number of fused-ring (bicyclic) bond motifs is 1. The Kier molecular flexibility index (Phi) is 5.44. The number of aryl methyl sites for hydroxylation is 1. The molecule has 0 aliphatic rings. The second-order valence-electron chi connectivity index (χ2n) is 6.99. The maximum absolute atomic E-state index is 13.6. The minimum absolute atomic E-state index is 0.0799. The van der Waals surface area contributed by atoms with Crippen LogP contribution in [0, 0.1) is 6.92 Å². The van der Waals surface area contributed by atoms with Crippen molar-refractivity contribution in [2.45, 2.75) is 16.7 Å². The van der Waals surface area contributed by atoms with Crippen LogP contribution in [0.2, 0.25) is 0 Å². The fourth-order valence-electron chi connectivity index (χ4n) is 3.31. The van der Waals surface area contributed by atoms with Crippen molar-refractivity contribution < 1.29 is 17.9 Å². The molecule has 0 radical (unpaired) electrons. The molecule has 0 aliphatic carbocycles. The number of methoxy groups -OCH3 is 1. The van der Waals surface area contributed by atoms with E-state index in [9.17, 15) is 13.2 Å². The number of rotatable bonds is 5. The van der Waals surface area contributed by atoms with Crippen molar-refractivity contribution >= 4 is 32.3 Å². The molecule has 4 aromatic rings. The molecule has 0 unspecified atom stereocenters. The van der Waals surface area contributed by atoms with E-state index in [0.717, 1.165) is 5.56 Å². The van der Waals surface area contributed by atoms with Gasteiger partial charge < -0.3 is 10.1 Å². The van der Waals surface area contributed by atoms with Crippen molar-refractivity contribution in [3.05, 3.63) is 90.1 Å². The fraction of sp³-hybridized carbons (Fsp3) is 0.0833. The summed E-state index contributed by atoms with van der Waals surface area (Å²) in [6.45, 7) is 1.88. The molecule has 0 fully saturated rings. The van der Waals surface area contributed by atoms with E-state index in [-0.39, 0.29) is 15.5 Å². The van der Waals surface area contributed by atoms with Gasteiger partial charge in [-0.05, 0) is 43.3 Å². The lowest BCUT2D eigenvalue weighted by molar-refractivity contribution is 0.102. The van der Waals surface area contributed by atoms with E-state index >= 15 is 0 Å². The summed E-state index contributed by atoms with van der Waals surface area (Å²) in [5.41, 5.74) is 1.79. The number of carbonyl (C=O) groups is 1. The first-order valence-corrected chi connectivity index (χ1v) is 11.0. The number of carbonyl (C=O) groups excluding carboxylic acids is 1. The lowest BCUT2D eigenvalue weighted by Crippen LogP contribution is -2.16. The van der Waals surface area contributed by atoms with E-state index in [0.29, 0.717) is 22.2 Å². The number of hydrogen-bond acceptors (Lipinski definition) is 5.